The van der Waals surface area contributed by atoms with Crippen LogP contribution in [-0.4, -0.2) is 36.8 Å². The van der Waals surface area contributed by atoms with Crippen LogP contribution in [0.25, 0.3) is 0 Å². The zero-order chi connectivity index (χ0) is 19.5. The van der Waals surface area contributed by atoms with E-state index in [0.29, 0.717) is 5.92 Å². The molecule has 4 nitrogen and oxygen atoms in total. The fraction of sp³-hybridized carbons (Fsp3) is 0.667. The maximum atomic E-state index is 12.1. The van der Waals surface area contributed by atoms with Gasteiger partial charge in [-0.2, -0.15) is 0 Å². The fourth-order valence-corrected chi connectivity index (χ4v) is 2.70. The van der Waals surface area contributed by atoms with Crippen molar-refractivity contribution in [2.24, 2.45) is 0 Å². The molecule has 1 aromatic carbocycles. The quantitative estimate of drug-likeness (QED) is 0.669. The molecule has 0 spiro atoms. The van der Waals surface area contributed by atoms with Gasteiger partial charge in [0.05, 0.1) is 7.11 Å². The molecule has 25 heavy (non-hydrogen) atoms. The number of nitrogens with zero attached hydrogens (tertiary/aromatic N) is 1. The van der Waals surface area contributed by atoms with E-state index in [2.05, 4.69) is 6.07 Å². The minimum atomic E-state index is -0.434. The van der Waals surface area contributed by atoms with Crippen LogP contribution in [0.2, 0.25) is 0 Å². The summed E-state index contributed by atoms with van der Waals surface area (Å²) in [6, 6.07) is 8.14. The van der Waals surface area contributed by atoms with E-state index in [4.69, 9.17) is 9.47 Å². The van der Waals surface area contributed by atoms with Crippen LogP contribution >= 0.6 is 0 Å². The number of methoxy groups -OCH3 is 1. The van der Waals surface area contributed by atoms with Gasteiger partial charge in [-0.1, -0.05) is 45.9 Å². The topological polar surface area (TPSA) is 38.8 Å². The first kappa shape index (κ1) is 23.3. The molecule has 4 heteroatoms. The lowest BCUT2D eigenvalue weighted by Crippen LogP contribution is -2.41. The zero-order valence-corrected chi connectivity index (χ0v) is 17.4. The molecular formula is C21H37NO3. The van der Waals surface area contributed by atoms with Crippen LogP contribution in [0.5, 0.6) is 5.75 Å². The molecule has 0 atom stereocenters. The summed E-state index contributed by atoms with van der Waals surface area (Å²) in [7, 11) is 1.70. The van der Waals surface area contributed by atoms with Crippen molar-refractivity contribution in [1.29, 1.82) is 0 Å². The van der Waals surface area contributed by atoms with Crippen molar-refractivity contribution in [3.63, 3.8) is 0 Å². The van der Waals surface area contributed by atoms with E-state index in [1.165, 1.54) is 5.56 Å². The number of ether oxygens (including phenoxy) is 2. The molecular weight excluding hydrogens is 314 g/mol. The van der Waals surface area contributed by atoms with Gasteiger partial charge in [0, 0.05) is 13.1 Å². The largest absolute Gasteiger partial charge is 0.496 e. The third kappa shape index (κ3) is 7.80. The molecule has 0 radical (unpaired) electrons. The van der Waals surface area contributed by atoms with Crippen LogP contribution in [0.3, 0.4) is 0 Å². The molecule has 0 saturated carbocycles. The molecule has 1 aliphatic heterocycles. The smallest absolute Gasteiger partial charge is 0.410 e. The maximum absolute atomic E-state index is 12.1. The molecule has 0 bridgehead atoms. The molecule has 1 aromatic rings. The van der Waals surface area contributed by atoms with E-state index in [0.717, 1.165) is 31.7 Å². The molecule has 1 amide bonds. The first-order chi connectivity index (χ1) is 11.9. The Bertz CT molecular complexity index is 486. The van der Waals surface area contributed by atoms with Gasteiger partial charge >= 0.3 is 6.09 Å². The van der Waals surface area contributed by atoms with Crippen LogP contribution in [0.1, 0.15) is 72.8 Å². The highest BCUT2D eigenvalue weighted by Gasteiger charge is 2.28. The molecule has 0 N–H and O–H groups in total. The minimum absolute atomic E-state index is 0.207. The van der Waals surface area contributed by atoms with E-state index in [1.807, 2.05) is 66.7 Å². The van der Waals surface area contributed by atoms with Crippen LogP contribution < -0.4 is 4.74 Å². The number of hydrogen-bond donors (Lipinski definition) is 0. The Kier molecular flexibility index (Phi) is 11.0. The SMILES string of the molecule is CC.CC.COc1ccccc1C1CCN(C(=O)OC(C)(C)C)CC1. The Morgan fingerprint density at radius 2 is 1.56 bits per heavy atom. The second-order valence-electron chi connectivity index (χ2n) is 6.48. The van der Waals surface area contributed by atoms with E-state index >= 15 is 0 Å². The molecule has 2 rings (SSSR count). The van der Waals surface area contributed by atoms with Crippen LogP contribution in [-0.2, 0) is 4.74 Å². The van der Waals surface area contributed by atoms with Crippen LogP contribution in [0.4, 0.5) is 4.79 Å². The summed E-state index contributed by atoms with van der Waals surface area (Å²) < 4.78 is 10.9. The van der Waals surface area contributed by atoms with Crippen molar-refractivity contribution >= 4 is 6.09 Å². The molecule has 144 valence electrons. The molecule has 0 unspecified atom stereocenters. The van der Waals surface area contributed by atoms with Crippen molar-refractivity contribution in [2.45, 2.75) is 72.8 Å². The predicted octanol–water partition coefficient (Wildman–Crippen LogP) is 5.86. The maximum Gasteiger partial charge on any atom is 0.410 e. The van der Waals surface area contributed by atoms with Gasteiger partial charge in [-0.05, 0) is 51.2 Å². The number of hydrogen-bond acceptors (Lipinski definition) is 3. The molecule has 1 saturated heterocycles. The van der Waals surface area contributed by atoms with Gasteiger partial charge in [0.15, 0.2) is 0 Å². The Labute approximate surface area is 154 Å². The summed E-state index contributed by atoms with van der Waals surface area (Å²) in [5.41, 5.74) is 0.806. The Hall–Kier alpha value is -1.71. The number of piperidine rings is 1. The van der Waals surface area contributed by atoms with Crippen molar-refractivity contribution in [3.8, 4) is 5.75 Å². The van der Waals surface area contributed by atoms with Crippen molar-refractivity contribution in [1.82, 2.24) is 4.90 Å². The minimum Gasteiger partial charge on any atom is -0.496 e. The first-order valence-corrected chi connectivity index (χ1v) is 9.51. The fourth-order valence-electron chi connectivity index (χ4n) is 2.70. The monoisotopic (exact) mass is 351 g/mol. The van der Waals surface area contributed by atoms with Gasteiger partial charge < -0.3 is 14.4 Å². The van der Waals surface area contributed by atoms with E-state index in [1.54, 1.807) is 12.0 Å². The normalized spacial score (nSPS) is 14.5. The summed E-state index contributed by atoms with van der Waals surface area (Å²) in [4.78, 5) is 13.9. The number of amides is 1. The number of carbonyl (C=O) groups is 1. The van der Waals surface area contributed by atoms with Gasteiger partial charge in [-0.25, -0.2) is 4.79 Å². The number of rotatable bonds is 2. The third-order valence-electron chi connectivity index (χ3n) is 3.73. The number of likely N-dealkylation sites (tertiary alicyclic amines) is 1. The lowest BCUT2D eigenvalue weighted by Gasteiger charge is -2.34. The number of benzene rings is 1. The van der Waals surface area contributed by atoms with Crippen molar-refractivity contribution in [3.05, 3.63) is 29.8 Å². The highest BCUT2D eigenvalue weighted by Crippen LogP contribution is 2.34. The Morgan fingerprint density at radius 1 is 1.04 bits per heavy atom. The van der Waals surface area contributed by atoms with Gasteiger partial charge in [0.1, 0.15) is 11.4 Å². The lowest BCUT2D eigenvalue weighted by atomic mass is 9.89. The Balaban J connectivity index is 0.00000134. The van der Waals surface area contributed by atoms with Crippen LogP contribution in [0, 0.1) is 0 Å². The zero-order valence-electron chi connectivity index (χ0n) is 17.4. The molecule has 1 aliphatic rings. The molecule has 1 heterocycles. The van der Waals surface area contributed by atoms with Crippen molar-refractivity contribution < 1.29 is 14.3 Å². The highest BCUT2D eigenvalue weighted by molar-refractivity contribution is 5.68. The molecule has 0 aromatic heterocycles. The standard InChI is InChI=1S/C17H25NO3.2C2H6/c1-17(2,3)21-16(19)18-11-9-13(10-12-18)14-7-5-6-8-15(14)20-4;2*1-2/h5-8,13H,9-12H2,1-4H3;2*1-2H3. The van der Waals surface area contributed by atoms with E-state index < -0.39 is 5.60 Å². The summed E-state index contributed by atoms with van der Waals surface area (Å²) in [5, 5.41) is 0. The van der Waals surface area contributed by atoms with Gasteiger partial charge in [-0.15, -0.1) is 0 Å². The Morgan fingerprint density at radius 3 is 2.04 bits per heavy atom. The molecule has 1 fully saturated rings. The molecule has 0 aliphatic carbocycles. The van der Waals surface area contributed by atoms with Gasteiger partial charge in [0.2, 0.25) is 0 Å². The summed E-state index contributed by atoms with van der Waals surface area (Å²) in [6.07, 6.45) is 1.68. The predicted molar refractivity (Wildman–Crippen MR) is 105 cm³/mol. The number of carbonyl (C=O) groups excluding carboxylic acids is 1. The first-order valence-electron chi connectivity index (χ1n) is 9.51. The summed E-state index contributed by atoms with van der Waals surface area (Å²) >= 11 is 0. The van der Waals surface area contributed by atoms with Gasteiger partial charge in [-0.3, -0.25) is 0 Å². The highest BCUT2D eigenvalue weighted by atomic mass is 16.6. The second-order valence-corrected chi connectivity index (χ2v) is 6.48. The van der Waals surface area contributed by atoms with E-state index in [-0.39, 0.29) is 6.09 Å². The third-order valence-corrected chi connectivity index (χ3v) is 3.73. The summed E-state index contributed by atoms with van der Waals surface area (Å²) in [6.45, 7) is 15.2. The number of para-hydroxylation sites is 1. The average Bonchev–Trinajstić information content (AvgIpc) is 2.64. The lowest BCUT2D eigenvalue weighted by molar-refractivity contribution is 0.0204. The summed E-state index contributed by atoms with van der Waals surface area (Å²) in [5.74, 6) is 1.38. The second kappa shape index (κ2) is 11.8. The van der Waals surface area contributed by atoms with Gasteiger partial charge in [0.25, 0.3) is 0 Å². The van der Waals surface area contributed by atoms with Crippen LogP contribution in [0.15, 0.2) is 24.3 Å². The van der Waals surface area contributed by atoms with E-state index in [9.17, 15) is 4.79 Å². The average molecular weight is 352 g/mol. The van der Waals surface area contributed by atoms with Crippen molar-refractivity contribution in [2.75, 3.05) is 20.2 Å².